The van der Waals surface area contributed by atoms with Crippen molar-refractivity contribution in [1.29, 1.82) is 0 Å². The van der Waals surface area contributed by atoms with Crippen LogP contribution in [0.15, 0.2) is 140 Å². The Morgan fingerprint density at radius 2 is 0.854 bits per heavy atom. The number of nitro benzene ring substituents is 1. The van der Waals surface area contributed by atoms with Gasteiger partial charge in [0.15, 0.2) is 0 Å². The van der Waals surface area contributed by atoms with Crippen LogP contribution >= 0.6 is 0 Å². The van der Waals surface area contributed by atoms with E-state index in [2.05, 4.69) is 100 Å². The maximum atomic E-state index is 12.3. The van der Waals surface area contributed by atoms with Crippen LogP contribution in [0.3, 0.4) is 0 Å². The number of aromatic nitrogens is 2. The van der Waals surface area contributed by atoms with Crippen molar-refractivity contribution in [2.24, 2.45) is 0 Å². The zero-order valence-electron chi connectivity index (χ0n) is 21.9. The quantitative estimate of drug-likeness (QED) is 0.168. The normalized spacial score (nSPS) is 11.6. The summed E-state index contributed by atoms with van der Waals surface area (Å²) < 4.78 is 4.57. The molecule has 8 rings (SSSR count). The van der Waals surface area contributed by atoms with Crippen LogP contribution in [0.1, 0.15) is 0 Å². The molecule has 0 amide bonds. The molecule has 8 aromatic rings. The molecule has 0 atom stereocenters. The molecule has 0 fully saturated rings. The lowest BCUT2D eigenvalue weighted by atomic mass is 10.00. The van der Waals surface area contributed by atoms with Gasteiger partial charge in [0, 0.05) is 33.2 Å². The second kappa shape index (κ2) is 8.93. The van der Waals surface area contributed by atoms with Gasteiger partial charge in [-0.1, -0.05) is 97.1 Å². The summed E-state index contributed by atoms with van der Waals surface area (Å²) in [6.45, 7) is 0. The molecule has 6 aromatic carbocycles. The van der Waals surface area contributed by atoms with Gasteiger partial charge in [0.25, 0.3) is 5.69 Å². The molecule has 0 aliphatic carbocycles. The van der Waals surface area contributed by atoms with Crippen LogP contribution in [-0.2, 0) is 0 Å². The third kappa shape index (κ3) is 3.36. The lowest BCUT2D eigenvalue weighted by molar-refractivity contribution is -0.384. The SMILES string of the molecule is O=[N+]([O-])c1ccccc1-c1cccc(-n2c3ccccc3c3ccccc32)c1-n1c2ccccc2c2ccccc21. The van der Waals surface area contributed by atoms with Crippen molar-refractivity contribution < 1.29 is 4.92 Å². The van der Waals surface area contributed by atoms with Gasteiger partial charge in [-0.2, -0.15) is 0 Å². The molecule has 0 saturated heterocycles. The predicted molar refractivity (Wildman–Crippen MR) is 167 cm³/mol. The summed E-state index contributed by atoms with van der Waals surface area (Å²) in [5.41, 5.74) is 7.54. The molecule has 194 valence electrons. The highest BCUT2D eigenvalue weighted by Gasteiger charge is 2.25. The van der Waals surface area contributed by atoms with Gasteiger partial charge in [-0.25, -0.2) is 0 Å². The number of rotatable bonds is 4. The first kappa shape index (κ1) is 23.2. The highest BCUT2D eigenvalue weighted by atomic mass is 16.6. The van der Waals surface area contributed by atoms with E-state index in [1.54, 1.807) is 12.1 Å². The minimum atomic E-state index is -0.294. The van der Waals surface area contributed by atoms with Gasteiger partial charge >= 0.3 is 0 Å². The number of fused-ring (bicyclic) bond motifs is 6. The minimum Gasteiger partial charge on any atom is -0.307 e. The van der Waals surface area contributed by atoms with Gasteiger partial charge in [0.05, 0.1) is 43.9 Å². The van der Waals surface area contributed by atoms with Crippen LogP contribution < -0.4 is 0 Å². The van der Waals surface area contributed by atoms with Crippen molar-refractivity contribution in [2.45, 2.75) is 0 Å². The molecule has 5 heteroatoms. The molecule has 2 aromatic heterocycles. The van der Waals surface area contributed by atoms with Crippen molar-refractivity contribution in [3.05, 3.63) is 150 Å². The van der Waals surface area contributed by atoms with Crippen molar-refractivity contribution >= 4 is 49.3 Å². The van der Waals surface area contributed by atoms with Gasteiger partial charge < -0.3 is 9.13 Å². The first-order valence-corrected chi connectivity index (χ1v) is 13.6. The largest absolute Gasteiger partial charge is 0.307 e. The number of nitro groups is 1. The van der Waals surface area contributed by atoms with Crippen LogP contribution in [0.5, 0.6) is 0 Å². The van der Waals surface area contributed by atoms with E-state index in [0.717, 1.165) is 60.5 Å². The monoisotopic (exact) mass is 529 g/mol. The second-order valence-corrected chi connectivity index (χ2v) is 10.2. The van der Waals surface area contributed by atoms with Gasteiger partial charge in [-0.3, -0.25) is 10.1 Å². The summed E-state index contributed by atoms with van der Waals surface area (Å²) in [5, 5.41) is 16.9. The molecule has 5 nitrogen and oxygen atoms in total. The number of benzene rings is 6. The predicted octanol–water partition coefficient (Wildman–Crippen LogP) is 9.46. The molecule has 0 spiro atoms. The molecule has 0 aliphatic rings. The Morgan fingerprint density at radius 3 is 1.37 bits per heavy atom. The third-order valence-corrected chi connectivity index (χ3v) is 8.03. The van der Waals surface area contributed by atoms with E-state index in [4.69, 9.17) is 0 Å². The van der Waals surface area contributed by atoms with Crippen LogP contribution in [0.25, 0.3) is 66.1 Å². The molecule has 0 N–H and O–H groups in total. The van der Waals surface area contributed by atoms with E-state index in [9.17, 15) is 10.1 Å². The van der Waals surface area contributed by atoms with E-state index >= 15 is 0 Å². The average molecular weight is 530 g/mol. The molecule has 2 heterocycles. The van der Waals surface area contributed by atoms with Crippen molar-refractivity contribution in [2.75, 3.05) is 0 Å². The molecule has 0 aliphatic heterocycles. The lowest BCUT2D eigenvalue weighted by Gasteiger charge is -2.20. The molecular weight excluding hydrogens is 506 g/mol. The lowest BCUT2D eigenvalue weighted by Crippen LogP contribution is -2.06. The van der Waals surface area contributed by atoms with Crippen LogP contribution in [-0.4, -0.2) is 14.1 Å². The maximum absolute atomic E-state index is 12.3. The van der Waals surface area contributed by atoms with Crippen molar-refractivity contribution in [1.82, 2.24) is 9.13 Å². The van der Waals surface area contributed by atoms with Gasteiger partial charge in [0.1, 0.15) is 0 Å². The Labute approximate surface area is 235 Å². The summed E-state index contributed by atoms with van der Waals surface area (Å²) in [7, 11) is 0. The van der Waals surface area contributed by atoms with E-state index in [0.29, 0.717) is 5.56 Å². The summed E-state index contributed by atoms with van der Waals surface area (Å²) in [4.78, 5) is 12.0. The van der Waals surface area contributed by atoms with Crippen molar-refractivity contribution in [3.8, 4) is 22.5 Å². The number of para-hydroxylation sites is 6. The fraction of sp³-hybridized carbons (Fsp3) is 0. The Morgan fingerprint density at radius 1 is 0.439 bits per heavy atom. The first-order chi connectivity index (χ1) is 20.2. The maximum Gasteiger partial charge on any atom is 0.277 e. The molecule has 0 radical (unpaired) electrons. The van der Waals surface area contributed by atoms with Crippen LogP contribution in [0.4, 0.5) is 5.69 Å². The third-order valence-electron chi connectivity index (χ3n) is 8.03. The summed E-state index contributed by atoms with van der Waals surface area (Å²) in [5.74, 6) is 0. The van der Waals surface area contributed by atoms with Crippen molar-refractivity contribution in [3.63, 3.8) is 0 Å². The Balaban J connectivity index is 1.61. The molecular formula is C36H23N3O2. The van der Waals surface area contributed by atoms with E-state index in [1.807, 2.05) is 36.4 Å². The molecule has 0 saturated carbocycles. The van der Waals surface area contributed by atoms with Crippen LogP contribution in [0.2, 0.25) is 0 Å². The Bertz CT molecular complexity index is 2200. The Kier molecular flexibility index (Phi) is 5.06. The molecule has 41 heavy (non-hydrogen) atoms. The fourth-order valence-corrected chi connectivity index (χ4v) is 6.37. The van der Waals surface area contributed by atoms with Gasteiger partial charge in [-0.05, 0) is 36.4 Å². The van der Waals surface area contributed by atoms with E-state index in [1.165, 1.54) is 0 Å². The molecule has 0 unspecified atom stereocenters. The topological polar surface area (TPSA) is 53.0 Å². The fourth-order valence-electron chi connectivity index (χ4n) is 6.37. The first-order valence-electron chi connectivity index (χ1n) is 13.6. The summed E-state index contributed by atoms with van der Waals surface area (Å²) in [6, 6.07) is 46.7. The highest BCUT2D eigenvalue weighted by Crippen LogP contribution is 2.43. The highest BCUT2D eigenvalue weighted by molar-refractivity contribution is 6.12. The van der Waals surface area contributed by atoms with E-state index in [-0.39, 0.29) is 10.6 Å². The zero-order valence-corrected chi connectivity index (χ0v) is 21.9. The van der Waals surface area contributed by atoms with E-state index < -0.39 is 0 Å². The van der Waals surface area contributed by atoms with Gasteiger partial charge in [-0.15, -0.1) is 0 Å². The smallest absolute Gasteiger partial charge is 0.277 e. The number of hydrogen-bond acceptors (Lipinski definition) is 2. The average Bonchev–Trinajstić information content (AvgIpc) is 3.54. The number of hydrogen-bond donors (Lipinski definition) is 0. The molecule has 0 bridgehead atoms. The summed E-state index contributed by atoms with van der Waals surface area (Å²) in [6.07, 6.45) is 0. The second-order valence-electron chi connectivity index (χ2n) is 10.2. The standard InChI is InChI=1S/C36H23N3O2/c40-39(41)34-22-10-5-16-28(34)29-17-11-23-35(37-30-18-6-1-12-24(30)25-13-2-7-19-31(25)37)36(29)38-32-20-8-3-14-26(32)27-15-4-9-21-33(27)38/h1-23H. The Hall–Kier alpha value is -5.68. The van der Waals surface area contributed by atoms with Gasteiger partial charge in [0.2, 0.25) is 0 Å². The summed E-state index contributed by atoms with van der Waals surface area (Å²) >= 11 is 0. The van der Waals surface area contributed by atoms with Crippen LogP contribution in [0, 0.1) is 10.1 Å². The minimum absolute atomic E-state index is 0.0777. The zero-order chi connectivity index (χ0) is 27.5. The number of nitrogens with zero attached hydrogens (tertiary/aromatic N) is 3.